The zero-order valence-electron chi connectivity index (χ0n) is 23.7. The molecule has 1 N–H and O–H groups in total. The van der Waals surface area contributed by atoms with E-state index >= 15 is 0 Å². The van der Waals surface area contributed by atoms with Crippen molar-refractivity contribution in [2.75, 3.05) is 26.3 Å². The number of nitrogens with one attached hydrogen (secondary N) is 1. The Balaban J connectivity index is 1.14. The summed E-state index contributed by atoms with van der Waals surface area (Å²) in [4.78, 5) is 16.6. The van der Waals surface area contributed by atoms with Crippen LogP contribution in [-0.2, 0) is 11.3 Å². The zero-order chi connectivity index (χ0) is 28.5. The van der Waals surface area contributed by atoms with Gasteiger partial charge in [0, 0.05) is 18.5 Å². The van der Waals surface area contributed by atoms with Gasteiger partial charge >= 0.3 is 0 Å². The Hall–Kier alpha value is -2.73. The predicted molar refractivity (Wildman–Crippen MR) is 164 cm³/mol. The van der Waals surface area contributed by atoms with E-state index in [1.807, 2.05) is 12.1 Å². The maximum absolute atomic E-state index is 14.4. The van der Waals surface area contributed by atoms with Crippen LogP contribution in [0.3, 0.4) is 0 Å². The van der Waals surface area contributed by atoms with Crippen molar-refractivity contribution in [2.24, 2.45) is 17.8 Å². The van der Waals surface area contributed by atoms with Crippen molar-refractivity contribution >= 4 is 29.1 Å². The highest BCUT2D eigenvalue weighted by molar-refractivity contribution is 6.37. The van der Waals surface area contributed by atoms with E-state index in [1.54, 1.807) is 18.2 Å². The van der Waals surface area contributed by atoms with Gasteiger partial charge in [-0.25, -0.2) is 0 Å². The Kier molecular flexibility index (Phi) is 8.48. The lowest BCUT2D eigenvalue weighted by molar-refractivity contribution is -0.138. The molecule has 2 aliphatic carbocycles. The molecule has 1 heterocycles. The van der Waals surface area contributed by atoms with Crippen molar-refractivity contribution in [1.29, 1.82) is 0 Å². The second-order valence-corrected chi connectivity index (χ2v) is 12.6. The fourth-order valence-corrected chi connectivity index (χ4v) is 7.27. The molecular weight excluding hydrogens is 555 g/mol. The van der Waals surface area contributed by atoms with Gasteiger partial charge in [0.1, 0.15) is 19.0 Å². The normalized spacial score (nSPS) is 23.3. The van der Waals surface area contributed by atoms with Gasteiger partial charge in [-0.05, 0) is 110 Å². The third-order valence-electron chi connectivity index (χ3n) is 9.28. The number of nitrogens with zero attached hydrogens (tertiary/aromatic N) is 1. The third-order valence-corrected chi connectivity index (χ3v) is 9.88. The first-order valence-corrected chi connectivity index (χ1v) is 15.5. The topological polar surface area (TPSA) is 50.8 Å². The molecule has 4 atom stereocenters. The summed E-state index contributed by atoms with van der Waals surface area (Å²) in [6.45, 7) is 7.67. The molecule has 2 saturated carbocycles. The molecule has 5 nitrogen and oxygen atoms in total. The minimum absolute atomic E-state index is 0.00116. The molecule has 1 saturated heterocycles. The number of benzene rings is 3. The van der Waals surface area contributed by atoms with Crippen molar-refractivity contribution in [3.63, 3.8) is 0 Å². The molecule has 0 bridgehead atoms. The minimum Gasteiger partial charge on any atom is -0.490 e. The van der Waals surface area contributed by atoms with E-state index in [1.165, 1.54) is 22.3 Å². The van der Waals surface area contributed by atoms with Crippen LogP contribution in [-0.4, -0.2) is 43.2 Å². The van der Waals surface area contributed by atoms with Crippen molar-refractivity contribution < 1.29 is 14.3 Å². The van der Waals surface area contributed by atoms with E-state index in [0.717, 1.165) is 38.1 Å². The molecule has 6 rings (SSSR count). The molecule has 1 aliphatic heterocycles. The number of aryl methyl sites for hydroxylation is 1. The number of hydrogen-bond donors (Lipinski definition) is 1. The van der Waals surface area contributed by atoms with Crippen LogP contribution < -0.4 is 14.8 Å². The first kappa shape index (κ1) is 28.4. The van der Waals surface area contributed by atoms with Gasteiger partial charge in [0.05, 0.1) is 10.0 Å². The number of hydrogen-bond acceptors (Lipinski definition) is 4. The van der Waals surface area contributed by atoms with Crippen LogP contribution in [0, 0.1) is 31.6 Å². The second-order valence-electron chi connectivity index (χ2n) is 11.8. The van der Waals surface area contributed by atoms with Crippen LogP contribution in [0.4, 0.5) is 0 Å². The van der Waals surface area contributed by atoms with Crippen LogP contribution in [0.5, 0.6) is 11.5 Å². The standard InChI is InChI=1S/C34H38Cl2N2O3/c1-21-5-3-6-24(22(21)2)20-38(26-11-12-26)34(39)32-28(17-25-18-37-19-29(25)32)23-9-13-27(14-10-23)40-15-16-41-33-30(35)7-4-8-31(33)36/h3-10,13-14,25-26,28-29,32,37H,11-12,15-20H2,1-2H3/t25-,28-,29+,32-/m1/s1. The zero-order valence-corrected chi connectivity index (χ0v) is 25.3. The van der Waals surface area contributed by atoms with Crippen molar-refractivity contribution in [2.45, 2.75) is 51.6 Å². The van der Waals surface area contributed by atoms with Gasteiger partial charge in [-0.1, -0.05) is 59.6 Å². The van der Waals surface area contributed by atoms with Gasteiger partial charge in [-0.15, -0.1) is 0 Å². The molecule has 7 heteroatoms. The largest absolute Gasteiger partial charge is 0.490 e. The van der Waals surface area contributed by atoms with Gasteiger partial charge in [-0.2, -0.15) is 0 Å². The van der Waals surface area contributed by atoms with Crippen LogP contribution >= 0.6 is 23.2 Å². The number of rotatable bonds is 10. The van der Waals surface area contributed by atoms with E-state index < -0.39 is 0 Å². The number of carbonyl (C=O) groups is 1. The SMILES string of the molecule is Cc1cccc(CN(C(=O)[C@H]2[C@H]3CNC[C@H]3C[C@@H]2c2ccc(OCCOc3c(Cl)cccc3Cl)cc2)C2CC2)c1C. The highest BCUT2D eigenvalue weighted by atomic mass is 35.5. The Morgan fingerprint density at radius 2 is 1.63 bits per heavy atom. The first-order valence-electron chi connectivity index (χ1n) is 14.8. The summed E-state index contributed by atoms with van der Waals surface area (Å²) < 4.78 is 11.7. The van der Waals surface area contributed by atoms with Crippen molar-refractivity contribution in [3.05, 3.63) is 93.0 Å². The predicted octanol–water partition coefficient (Wildman–Crippen LogP) is 7.20. The molecule has 3 aliphatic rings. The summed E-state index contributed by atoms with van der Waals surface area (Å²) in [7, 11) is 0. The van der Waals surface area contributed by atoms with Crippen molar-refractivity contribution in [1.82, 2.24) is 10.2 Å². The fourth-order valence-electron chi connectivity index (χ4n) is 6.77. The molecule has 3 aromatic rings. The summed E-state index contributed by atoms with van der Waals surface area (Å²) in [6.07, 6.45) is 3.26. The quantitative estimate of drug-likeness (QED) is 0.253. The Morgan fingerprint density at radius 3 is 2.37 bits per heavy atom. The maximum atomic E-state index is 14.4. The van der Waals surface area contributed by atoms with E-state index in [9.17, 15) is 4.79 Å². The first-order chi connectivity index (χ1) is 19.9. The van der Waals surface area contributed by atoms with Crippen LogP contribution in [0.15, 0.2) is 60.7 Å². The Labute approximate surface area is 253 Å². The molecule has 0 aromatic heterocycles. The van der Waals surface area contributed by atoms with E-state index in [2.05, 4.69) is 54.4 Å². The van der Waals surface area contributed by atoms with Gasteiger partial charge in [0.2, 0.25) is 5.91 Å². The maximum Gasteiger partial charge on any atom is 0.227 e. The average Bonchev–Trinajstić information content (AvgIpc) is 3.59. The van der Waals surface area contributed by atoms with Gasteiger partial charge in [0.15, 0.2) is 5.75 Å². The third kappa shape index (κ3) is 6.09. The summed E-state index contributed by atoms with van der Waals surface area (Å²) in [5, 5.41) is 4.53. The van der Waals surface area contributed by atoms with E-state index in [-0.39, 0.29) is 11.8 Å². The molecule has 0 radical (unpaired) electrons. The van der Waals surface area contributed by atoms with Gasteiger partial charge in [-0.3, -0.25) is 4.79 Å². The molecule has 0 unspecified atom stereocenters. The summed E-state index contributed by atoms with van der Waals surface area (Å²) in [6, 6.07) is 20.4. The lowest BCUT2D eigenvalue weighted by Gasteiger charge is -2.32. The number of para-hydroxylation sites is 1. The molecule has 3 fully saturated rings. The van der Waals surface area contributed by atoms with E-state index in [4.69, 9.17) is 32.7 Å². The number of fused-ring (bicyclic) bond motifs is 1. The molecule has 216 valence electrons. The monoisotopic (exact) mass is 592 g/mol. The Bertz CT molecular complexity index is 1370. The van der Waals surface area contributed by atoms with E-state index in [0.29, 0.717) is 59.3 Å². The van der Waals surface area contributed by atoms with Crippen LogP contribution in [0.2, 0.25) is 10.0 Å². The highest BCUT2D eigenvalue weighted by Gasteiger charge is 2.51. The van der Waals surface area contributed by atoms with Crippen molar-refractivity contribution in [3.8, 4) is 11.5 Å². The number of carbonyl (C=O) groups excluding carboxylic acids is 1. The lowest BCUT2D eigenvalue weighted by atomic mass is 9.83. The summed E-state index contributed by atoms with van der Waals surface area (Å²) >= 11 is 12.4. The summed E-state index contributed by atoms with van der Waals surface area (Å²) in [5.74, 6) is 2.74. The van der Waals surface area contributed by atoms with Crippen LogP contribution in [0.1, 0.15) is 47.4 Å². The minimum atomic E-state index is 0.00116. The smallest absolute Gasteiger partial charge is 0.227 e. The molecule has 3 aromatic carbocycles. The molecular formula is C34H38Cl2N2O3. The summed E-state index contributed by atoms with van der Waals surface area (Å²) in [5.41, 5.74) is 5.08. The van der Waals surface area contributed by atoms with Crippen LogP contribution in [0.25, 0.3) is 0 Å². The van der Waals surface area contributed by atoms with Gasteiger partial charge < -0.3 is 19.7 Å². The fraction of sp³-hybridized carbons (Fsp3) is 0.441. The molecule has 41 heavy (non-hydrogen) atoms. The number of amides is 1. The Morgan fingerprint density at radius 1 is 0.927 bits per heavy atom. The molecule has 1 amide bonds. The lowest BCUT2D eigenvalue weighted by Crippen LogP contribution is -2.41. The average molecular weight is 594 g/mol. The van der Waals surface area contributed by atoms with Gasteiger partial charge in [0.25, 0.3) is 0 Å². The highest BCUT2D eigenvalue weighted by Crippen LogP contribution is 2.50. The number of halogens is 2. The number of ether oxygens (including phenoxy) is 2. The molecule has 0 spiro atoms. The second kappa shape index (κ2) is 12.2.